The lowest BCUT2D eigenvalue weighted by molar-refractivity contribution is -0.137. The zero-order chi connectivity index (χ0) is 27.1. The zero-order valence-corrected chi connectivity index (χ0v) is 21.6. The molecule has 0 unspecified atom stereocenters. The minimum atomic E-state index is -0.472. The Labute approximate surface area is 223 Å². The monoisotopic (exact) mass is 535 g/mol. The Morgan fingerprint density at radius 1 is 0.947 bits per heavy atom. The molecule has 0 radical (unpaired) electrons. The molecule has 3 amide bonds. The van der Waals surface area contributed by atoms with Gasteiger partial charge in [0.15, 0.2) is 0 Å². The Morgan fingerprint density at radius 3 is 2.45 bits per heavy atom. The van der Waals surface area contributed by atoms with Crippen molar-refractivity contribution in [2.45, 2.75) is 11.3 Å². The van der Waals surface area contributed by atoms with Crippen LogP contribution in [0.2, 0.25) is 0 Å². The molecule has 0 bridgehead atoms. The molecule has 0 saturated heterocycles. The molecule has 1 aliphatic rings. The minimum absolute atomic E-state index is 0.106. The highest BCUT2D eigenvalue weighted by molar-refractivity contribution is 8.04. The molecule has 1 heterocycles. The van der Waals surface area contributed by atoms with Crippen LogP contribution in [0, 0.1) is 5.82 Å². The van der Waals surface area contributed by atoms with Gasteiger partial charge < -0.3 is 20.1 Å². The number of anilines is 2. The Kier molecular flexibility index (Phi) is 8.77. The fraction of sp³-hybridized carbons (Fsp3) is 0.179. The summed E-state index contributed by atoms with van der Waals surface area (Å²) < 4.78 is 23.6. The van der Waals surface area contributed by atoms with Gasteiger partial charge >= 0.3 is 0 Å². The Morgan fingerprint density at radius 2 is 1.71 bits per heavy atom. The van der Waals surface area contributed by atoms with Crippen molar-refractivity contribution in [3.8, 4) is 5.75 Å². The van der Waals surface area contributed by atoms with Gasteiger partial charge in [0.05, 0.1) is 7.11 Å². The number of rotatable bonds is 11. The number of methoxy groups -OCH3 is 2. The summed E-state index contributed by atoms with van der Waals surface area (Å²) in [6, 6.07) is 19.3. The summed E-state index contributed by atoms with van der Waals surface area (Å²) in [6.07, 6.45) is 0.488. The molecule has 0 atom stereocenters. The number of carbonyl (C=O) groups is 3. The normalized spacial score (nSPS) is 13.2. The van der Waals surface area contributed by atoms with Crippen LogP contribution in [-0.2, 0) is 14.3 Å². The number of halogens is 1. The van der Waals surface area contributed by atoms with Crippen LogP contribution >= 0.6 is 11.8 Å². The summed E-state index contributed by atoms with van der Waals surface area (Å²) in [7, 11) is 3.08. The second-order valence-corrected chi connectivity index (χ2v) is 9.34. The van der Waals surface area contributed by atoms with Crippen molar-refractivity contribution in [1.82, 2.24) is 4.90 Å². The van der Waals surface area contributed by atoms with Crippen molar-refractivity contribution in [2.75, 3.05) is 38.0 Å². The molecule has 8 nitrogen and oxygen atoms in total. The lowest BCUT2D eigenvalue weighted by Crippen LogP contribution is -2.33. The van der Waals surface area contributed by atoms with E-state index in [1.54, 1.807) is 55.6 Å². The highest BCUT2D eigenvalue weighted by atomic mass is 32.2. The summed E-state index contributed by atoms with van der Waals surface area (Å²) >= 11 is 1.11. The maximum absolute atomic E-state index is 13.4. The van der Waals surface area contributed by atoms with E-state index >= 15 is 0 Å². The largest absolute Gasteiger partial charge is 0.497 e. The lowest BCUT2D eigenvalue weighted by Gasteiger charge is -2.14. The first-order valence-electron chi connectivity index (χ1n) is 11.7. The molecular weight excluding hydrogens is 509 g/mol. The number of imide groups is 1. The second kappa shape index (κ2) is 12.4. The molecule has 0 aliphatic carbocycles. The summed E-state index contributed by atoms with van der Waals surface area (Å²) in [5, 5.41) is 5.83. The number of hydrogen-bond donors (Lipinski definition) is 2. The Bertz CT molecular complexity index is 1380. The number of amides is 3. The van der Waals surface area contributed by atoms with E-state index in [4.69, 9.17) is 9.47 Å². The number of carbonyl (C=O) groups excluding carboxylic acids is 3. The van der Waals surface area contributed by atoms with Gasteiger partial charge in [-0.25, -0.2) is 4.39 Å². The minimum Gasteiger partial charge on any atom is -0.497 e. The van der Waals surface area contributed by atoms with Gasteiger partial charge in [0, 0.05) is 42.1 Å². The van der Waals surface area contributed by atoms with Gasteiger partial charge in [-0.15, -0.1) is 0 Å². The fourth-order valence-corrected chi connectivity index (χ4v) is 4.74. The smallest absolute Gasteiger partial charge is 0.278 e. The summed E-state index contributed by atoms with van der Waals surface area (Å²) in [6.45, 7) is 0.593. The zero-order valence-electron chi connectivity index (χ0n) is 20.8. The molecule has 0 aromatic heterocycles. The van der Waals surface area contributed by atoms with Crippen LogP contribution in [0.1, 0.15) is 16.8 Å². The van der Waals surface area contributed by atoms with Crippen molar-refractivity contribution >= 4 is 40.9 Å². The van der Waals surface area contributed by atoms with E-state index in [-0.39, 0.29) is 23.1 Å². The van der Waals surface area contributed by atoms with Gasteiger partial charge in [-0.1, -0.05) is 23.9 Å². The number of thioether (sulfide) groups is 1. The standard InChI is InChI=1S/C28H26FN3O5S/c1-36-15-5-14-32-27(34)24(30-20-12-10-19(29)11-13-20)25(28(32)35)38-23-9-4-7-21(17-23)31-26(33)18-6-3-8-22(16-18)37-2/h3-4,6-13,16-17,30H,5,14-15H2,1-2H3,(H,31,33). The average Bonchev–Trinajstić information content (AvgIpc) is 3.14. The number of nitrogens with one attached hydrogen (secondary N) is 2. The molecule has 3 aromatic rings. The van der Waals surface area contributed by atoms with E-state index in [0.29, 0.717) is 40.6 Å². The average molecular weight is 536 g/mol. The van der Waals surface area contributed by atoms with Crippen molar-refractivity contribution in [1.29, 1.82) is 0 Å². The molecule has 1 aliphatic heterocycles. The second-order valence-electron chi connectivity index (χ2n) is 8.26. The first-order chi connectivity index (χ1) is 18.4. The number of nitrogens with zero attached hydrogens (tertiary/aromatic N) is 1. The van der Waals surface area contributed by atoms with Gasteiger partial charge in [-0.05, 0) is 67.1 Å². The van der Waals surface area contributed by atoms with E-state index in [1.807, 2.05) is 0 Å². The van der Waals surface area contributed by atoms with E-state index in [1.165, 1.54) is 36.3 Å². The maximum Gasteiger partial charge on any atom is 0.278 e. The molecular formula is C28H26FN3O5S. The molecule has 38 heavy (non-hydrogen) atoms. The van der Waals surface area contributed by atoms with E-state index in [0.717, 1.165) is 11.8 Å². The molecule has 10 heteroatoms. The molecule has 3 aromatic carbocycles. The Hall–Kier alpha value is -4.15. The topological polar surface area (TPSA) is 97.0 Å². The lowest BCUT2D eigenvalue weighted by atomic mass is 10.2. The molecule has 0 fully saturated rings. The van der Waals surface area contributed by atoms with Crippen molar-refractivity contribution in [2.24, 2.45) is 0 Å². The van der Waals surface area contributed by atoms with Crippen molar-refractivity contribution in [3.63, 3.8) is 0 Å². The number of ether oxygens (including phenoxy) is 2. The summed E-state index contributed by atoms with van der Waals surface area (Å²) in [4.78, 5) is 41.2. The molecule has 196 valence electrons. The molecule has 0 saturated carbocycles. The van der Waals surface area contributed by atoms with Crippen LogP contribution < -0.4 is 15.4 Å². The molecule has 4 rings (SSSR count). The van der Waals surface area contributed by atoms with E-state index in [9.17, 15) is 18.8 Å². The predicted molar refractivity (Wildman–Crippen MR) is 144 cm³/mol. The SMILES string of the molecule is COCCCN1C(=O)C(Nc2ccc(F)cc2)=C(Sc2cccc(NC(=O)c3cccc(OC)c3)c2)C1=O. The van der Waals surface area contributed by atoms with Crippen molar-refractivity contribution in [3.05, 3.63) is 94.8 Å². The highest BCUT2D eigenvalue weighted by Crippen LogP contribution is 2.37. The van der Waals surface area contributed by atoms with Gasteiger partial charge in [0.1, 0.15) is 22.2 Å². The van der Waals surface area contributed by atoms with Gasteiger partial charge in [0.2, 0.25) is 0 Å². The first kappa shape index (κ1) is 26.9. The van der Waals surface area contributed by atoms with E-state index in [2.05, 4.69) is 10.6 Å². The number of benzene rings is 3. The molecule has 0 spiro atoms. The molecule has 2 N–H and O–H groups in total. The van der Waals surface area contributed by atoms with Crippen LogP contribution in [0.4, 0.5) is 15.8 Å². The van der Waals surface area contributed by atoms with Crippen LogP contribution in [0.5, 0.6) is 5.75 Å². The summed E-state index contributed by atoms with van der Waals surface area (Å²) in [5.41, 5.74) is 1.53. The van der Waals surface area contributed by atoms with Crippen LogP contribution in [-0.4, -0.2) is 50.0 Å². The van der Waals surface area contributed by atoms with Gasteiger partial charge in [-0.2, -0.15) is 0 Å². The fourth-order valence-electron chi connectivity index (χ4n) is 3.73. The Balaban J connectivity index is 1.57. The van der Waals surface area contributed by atoms with Crippen LogP contribution in [0.15, 0.2) is 88.3 Å². The summed E-state index contributed by atoms with van der Waals surface area (Å²) in [5.74, 6) is -1.08. The quantitative estimate of drug-likeness (QED) is 0.266. The van der Waals surface area contributed by atoms with Crippen molar-refractivity contribution < 1.29 is 28.2 Å². The third-order valence-corrected chi connectivity index (χ3v) is 6.69. The predicted octanol–water partition coefficient (Wildman–Crippen LogP) is 4.91. The third kappa shape index (κ3) is 6.39. The van der Waals surface area contributed by atoms with E-state index < -0.39 is 17.6 Å². The van der Waals surface area contributed by atoms with Crippen LogP contribution in [0.3, 0.4) is 0 Å². The van der Waals surface area contributed by atoms with Gasteiger partial charge in [-0.3, -0.25) is 19.3 Å². The maximum atomic E-state index is 13.4. The van der Waals surface area contributed by atoms with Crippen LogP contribution in [0.25, 0.3) is 0 Å². The number of hydrogen-bond acceptors (Lipinski definition) is 7. The highest BCUT2D eigenvalue weighted by Gasteiger charge is 2.38. The third-order valence-electron chi connectivity index (χ3n) is 5.61. The first-order valence-corrected chi connectivity index (χ1v) is 12.6. The van der Waals surface area contributed by atoms with Gasteiger partial charge in [0.25, 0.3) is 17.7 Å².